The summed E-state index contributed by atoms with van der Waals surface area (Å²) in [4.78, 5) is 8.69. The lowest BCUT2D eigenvalue weighted by Gasteiger charge is -2.35. The third-order valence-electron chi connectivity index (χ3n) is 2.86. The van der Waals surface area contributed by atoms with Crippen LogP contribution in [0.2, 0.25) is 0 Å². The monoisotopic (exact) mass is 221 g/mol. The molecule has 1 fully saturated rings. The summed E-state index contributed by atoms with van der Waals surface area (Å²) in [7, 11) is 4.13. The lowest BCUT2D eigenvalue weighted by atomic mass is 10.2. The molecule has 16 heavy (non-hydrogen) atoms. The van der Waals surface area contributed by atoms with Crippen LogP contribution in [0.5, 0.6) is 0 Å². The summed E-state index contributed by atoms with van der Waals surface area (Å²) in [5, 5.41) is 12.5. The van der Waals surface area contributed by atoms with Gasteiger partial charge in [-0.3, -0.25) is 4.90 Å². The van der Waals surface area contributed by atoms with Gasteiger partial charge in [-0.2, -0.15) is 10.2 Å². The van der Waals surface area contributed by atoms with Crippen molar-refractivity contribution in [2.75, 3.05) is 33.7 Å². The number of hydrogen-bond donors (Lipinski definition) is 0. The molecule has 1 unspecified atom stereocenters. The molecule has 1 saturated heterocycles. The van der Waals surface area contributed by atoms with Crippen molar-refractivity contribution in [3.8, 4) is 6.07 Å². The number of piperazine rings is 1. The fourth-order valence-electron chi connectivity index (χ4n) is 1.83. The van der Waals surface area contributed by atoms with Crippen molar-refractivity contribution in [1.82, 2.24) is 19.9 Å². The van der Waals surface area contributed by atoms with Crippen molar-refractivity contribution in [2.45, 2.75) is 12.5 Å². The second-order valence-electron chi connectivity index (χ2n) is 4.14. The van der Waals surface area contributed by atoms with Gasteiger partial charge < -0.3 is 9.42 Å². The first-order valence-electron chi connectivity index (χ1n) is 5.29. The molecule has 0 aliphatic carbocycles. The molecule has 0 N–H and O–H groups in total. The number of aromatic nitrogens is 2. The zero-order chi connectivity index (χ0) is 11.5. The van der Waals surface area contributed by atoms with Gasteiger partial charge in [-0.05, 0) is 14.1 Å². The van der Waals surface area contributed by atoms with Gasteiger partial charge in [0.1, 0.15) is 6.42 Å². The first-order chi connectivity index (χ1) is 7.70. The van der Waals surface area contributed by atoms with E-state index < -0.39 is 0 Å². The quantitative estimate of drug-likeness (QED) is 0.703. The summed E-state index contributed by atoms with van der Waals surface area (Å²) in [5.41, 5.74) is 0. The smallest absolute Gasteiger partial charge is 0.240 e. The number of rotatable bonds is 2. The van der Waals surface area contributed by atoms with E-state index in [1.165, 1.54) is 0 Å². The molecule has 1 atom stereocenters. The Balaban J connectivity index is 2.12. The predicted octanol–water partition coefficient (Wildman–Crippen LogP) is 0.0540. The summed E-state index contributed by atoms with van der Waals surface area (Å²) in [5.74, 6) is 1.08. The molecule has 6 nitrogen and oxygen atoms in total. The van der Waals surface area contributed by atoms with Gasteiger partial charge in [0.05, 0.1) is 12.1 Å². The van der Waals surface area contributed by atoms with Crippen LogP contribution >= 0.6 is 0 Å². The molecule has 0 bridgehead atoms. The Hall–Kier alpha value is -1.45. The van der Waals surface area contributed by atoms with E-state index in [-0.39, 0.29) is 12.5 Å². The lowest BCUT2D eigenvalue weighted by molar-refractivity contribution is 0.108. The Morgan fingerprint density at radius 2 is 2.31 bits per heavy atom. The molecular weight excluding hydrogens is 206 g/mol. The van der Waals surface area contributed by atoms with Crippen molar-refractivity contribution in [3.05, 3.63) is 11.7 Å². The topological polar surface area (TPSA) is 69.2 Å². The highest BCUT2D eigenvalue weighted by Gasteiger charge is 2.27. The van der Waals surface area contributed by atoms with Crippen LogP contribution < -0.4 is 0 Å². The van der Waals surface area contributed by atoms with E-state index in [9.17, 15) is 0 Å². The van der Waals surface area contributed by atoms with Gasteiger partial charge in [-0.25, -0.2) is 0 Å². The number of nitrogens with zero attached hydrogens (tertiary/aromatic N) is 5. The first-order valence-corrected chi connectivity index (χ1v) is 5.29. The normalized spacial score (nSPS) is 23.2. The first kappa shape index (κ1) is 11.0. The molecule has 0 amide bonds. The fourth-order valence-corrected chi connectivity index (χ4v) is 1.83. The Labute approximate surface area is 94.4 Å². The molecule has 2 heterocycles. The summed E-state index contributed by atoms with van der Waals surface area (Å²) < 4.78 is 5.01. The van der Waals surface area contributed by atoms with Crippen LogP contribution in [-0.4, -0.2) is 53.7 Å². The third-order valence-corrected chi connectivity index (χ3v) is 2.86. The predicted molar refractivity (Wildman–Crippen MR) is 56.5 cm³/mol. The molecule has 2 rings (SSSR count). The molecule has 86 valence electrons. The van der Waals surface area contributed by atoms with E-state index in [1.807, 2.05) is 6.07 Å². The standard InChI is InChI=1S/C10H15N5O/c1-14-5-6-15(2)8(7-14)10-12-9(3-4-11)16-13-10/h8H,3,5-7H2,1-2H3. The minimum atomic E-state index is 0.162. The molecule has 1 aromatic rings. The van der Waals surface area contributed by atoms with Gasteiger partial charge in [0, 0.05) is 19.6 Å². The molecule has 0 spiro atoms. The zero-order valence-electron chi connectivity index (χ0n) is 9.55. The summed E-state index contributed by atoms with van der Waals surface area (Å²) in [6.07, 6.45) is 0.180. The van der Waals surface area contributed by atoms with E-state index in [1.54, 1.807) is 0 Å². The highest BCUT2D eigenvalue weighted by Crippen LogP contribution is 2.20. The molecule has 1 aliphatic heterocycles. The second-order valence-corrected chi connectivity index (χ2v) is 4.14. The molecule has 0 radical (unpaired) electrons. The molecule has 1 aliphatic rings. The van der Waals surface area contributed by atoms with Gasteiger partial charge in [-0.15, -0.1) is 0 Å². The van der Waals surface area contributed by atoms with E-state index in [0.717, 1.165) is 19.6 Å². The maximum atomic E-state index is 8.54. The van der Waals surface area contributed by atoms with E-state index in [2.05, 4.69) is 34.0 Å². The molecule has 0 saturated carbocycles. The van der Waals surface area contributed by atoms with Crippen LogP contribution in [0.3, 0.4) is 0 Å². The van der Waals surface area contributed by atoms with Gasteiger partial charge in [0.15, 0.2) is 5.82 Å². The van der Waals surface area contributed by atoms with Crippen molar-refractivity contribution in [2.24, 2.45) is 0 Å². The molecular formula is C10H15N5O. The van der Waals surface area contributed by atoms with Crippen LogP contribution in [0.1, 0.15) is 17.8 Å². The molecule has 1 aromatic heterocycles. The van der Waals surface area contributed by atoms with Gasteiger partial charge in [-0.1, -0.05) is 5.16 Å². The fraction of sp³-hybridized carbons (Fsp3) is 0.700. The van der Waals surface area contributed by atoms with Crippen LogP contribution in [0.15, 0.2) is 4.52 Å². The van der Waals surface area contributed by atoms with Crippen LogP contribution in [0.4, 0.5) is 0 Å². The molecule has 6 heteroatoms. The van der Waals surface area contributed by atoms with Crippen LogP contribution in [0, 0.1) is 11.3 Å². The average Bonchev–Trinajstić information content (AvgIpc) is 2.71. The van der Waals surface area contributed by atoms with Crippen LogP contribution in [0.25, 0.3) is 0 Å². The van der Waals surface area contributed by atoms with Crippen molar-refractivity contribution in [1.29, 1.82) is 5.26 Å². The average molecular weight is 221 g/mol. The number of hydrogen-bond acceptors (Lipinski definition) is 6. The van der Waals surface area contributed by atoms with Gasteiger partial charge in [0.2, 0.25) is 5.89 Å². The van der Waals surface area contributed by atoms with Crippen molar-refractivity contribution in [3.63, 3.8) is 0 Å². The summed E-state index contributed by atoms with van der Waals surface area (Å²) in [6, 6.07) is 2.16. The Morgan fingerprint density at radius 3 is 3.06 bits per heavy atom. The van der Waals surface area contributed by atoms with Crippen molar-refractivity contribution < 1.29 is 4.52 Å². The summed E-state index contributed by atoms with van der Waals surface area (Å²) >= 11 is 0. The van der Waals surface area contributed by atoms with E-state index in [0.29, 0.717) is 11.7 Å². The van der Waals surface area contributed by atoms with Crippen LogP contribution in [-0.2, 0) is 6.42 Å². The summed E-state index contributed by atoms with van der Waals surface area (Å²) in [6.45, 7) is 2.93. The van der Waals surface area contributed by atoms with Crippen molar-refractivity contribution >= 4 is 0 Å². The molecule has 0 aromatic carbocycles. The lowest BCUT2D eigenvalue weighted by Crippen LogP contribution is -2.45. The minimum Gasteiger partial charge on any atom is -0.338 e. The highest BCUT2D eigenvalue weighted by molar-refractivity contribution is 5.00. The maximum absolute atomic E-state index is 8.54. The SMILES string of the molecule is CN1CCN(C)C(c2noc(CC#N)n2)C1. The largest absolute Gasteiger partial charge is 0.338 e. The van der Waals surface area contributed by atoms with E-state index >= 15 is 0 Å². The highest BCUT2D eigenvalue weighted by atomic mass is 16.5. The Bertz CT molecular complexity index is 396. The zero-order valence-corrected chi connectivity index (χ0v) is 9.55. The van der Waals surface area contributed by atoms with Gasteiger partial charge in [0.25, 0.3) is 0 Å². The number of likely N-dealkylation sites (N-methyl/N-ethyl adjacent to an activating group) is 2. The Kier molecular flexibility index (Phi) is 3.17. The van der Waals surface area contributed by atoms with E-state index in [4.69, 9.17) is 9.78 Å². The minimum absolute atomic E-state index is 0.162. The third kappa shape index (κ3) is 2.21. The maximum Gasteiger partial charge on any atom is 0.240 e. The van der Waals surface area contributed by atoms with Gasteiger partial charge >= 0.3 is 0 Å². The second kappa shape index (κ2) is 4.60. The Morgan fingerprint density at radius 1 is 1.50 bits per heavy atom. The number of nitriles is 1.